The molecule has 1 amide bonds. The van der Waals surface area contributed by atoms with Crippen LogP contribution in [0.3, 0.4) is 0 Å². The van der Waals surface area contributed by atoms with Crippen molar-refractivity contribution in [2.45, 2.75) is 26.3 Å². The first-order valence-corrected chi connectivity index (χ1v) is 6.24. The molecule has 7 heteroatoms. The van der Waals surface area contributed by atoms with Gasteiger partial charge in [-0.15, -0.1) is 0 Å². The molecule has 0 aliphatic carbocycles. The Morgan fingerprint density at radius 3 is 2.48 bits per heavy atom. The van der Waals surface area contributed by atoms with E-state index in [9.17, 15) is 14.4 Å². The Balaban J connectivity index is 2.59. The largest absolute Gasteiger partial charge is 0.483 e. The molecule has 21 heavy (non-hydrogen) atoms. The van der Waals surface area contributed by atoms with E-state index in [0.717, 1.165) is 11.1 Å². The third kappa shape index (κ3) is 5.13. The molecule has 7 nitrogen and oxygen atoms in total. The molecule has 0 aliphatic rings. The maximum absolute atomic E-state index is 11.6. The number of carbonyl (C=O) groups is 3. The van der Waals surface area contributed by atoms with Gasteiger partial charge in [-0.25, -0.2) is 4.79 Å². The third-order valence-electron chi connectivity index (χ3n) is 2.93. The van der Waals surface area contributed by atoms with Crippen molar-refractivity contribution in [3.05, 3.63) is 29.3 Å². The molecule has 1 rings (SSSR count). The van der Waals surface area contributed by atoms with Gasteiger partial charge in [-0.1, -0.05) is 12.1 Å². The van der Waals surface area contributed by atoms with Crippen molar-refractivity contribution in [2.75, 3.05) is 6.61 Å². The number of aryl methyl sites for hydroxylation is 1. The predicted molar refractivity (Wildman–Crippen MR) is 73.2 cm³/mol. The molecule has 0 unspecified atom stereocenters. The van der Waals surface area contributed by atoms with E-state index in [1.54, 1.807) is 12.1 Å². The maximum atomic E-state index is 11.6. The van der Waals surface area contributed by atoms with Crippen molar-refractivity contribution < 1.29 is 29.3 Å². The lowest BCUT2D eigenvalue weighted by molar-refractivity contribution is -0.147. The van der Waals surface area contributed by atoms with Crippen LogP contribution in [0, 0.1) is 13.8 Å². The van der Waals surface area contributed by atoms with Crippen LogP contribution in [0.2, 0.25) is 0 Å². The number of nitrogens with one attached hydrogen (secondary N) is 1. The molecule has 0 fully saturated rings. The van der Waals surface area contributed by atoms with Crippen LogP contribution in [0.5, 0.6) is 5.75 Å². The van der Waals surface area contributed by atoms with Crippen molar-refractivity contribution in [1.29, 1.82) is 0 Å². The SMILES string of the molecule is Cc1cccc(OCC(=O)N[C@@H](CC(=O)O)C(=O)O)c1C. The number of benzene rings is 1. The molecule has 114 valence electrons. The monoisotopic (exact) mass is 295 g/mol. The number of amides is 1. The van der Waals surface area contributed by atoms with Gasteiger partial charge in [0.1, 0.15) is 11.8 Å². The number of carbonyl (C=O) groups excluding carboxylic acids is 1. The van der Waals surface area contributed by atoms with Crippen LogP contribution in [0.15, 0.2) is 18.2 Å². The Morgan fingerprint density at radius 2 is 1.90 bits per heavy atom. The summed E-state index contributed by atoms with van der Waals surface area (Å²) in [5, 5.41) is 19.5. The molecular weight excluding hydrogens is 278 g/mol. The van der Waals surface area contributed by atoms with E-state index in [0.29, 0.717) is 5.75 Å². The van der Waals surface area contributed by atoms with Gasteiger partial charge in [0.2, 0.25) is 0 Å². The normalized spacial score (nSPS) is 11.5. The van der Waals surface area contributed by atoms with Crippen molar-refractivity contribution in [1.82, 2.24) is 5.32 Å². The van der Waals surface area contributed by atoms with Crippen LogP contribution in [0.1, 0.15) is 17.5 Å². The van der Waals surface area contributed by atoms with Gasteiger partial charge < -0.3 is 20.3 Å². The van der Waals surface area contributed by atoms with Crippen molar-refractivity contribution in [2.24, 2.45) is 0 Å². The summed E-state index contributed by atoms with van der Waals surface area (Å²) < 4.78 is 5.31. The molecule has 0 saturated heterocycles. The van der Waals surface area contributed by atoms with E-state index in [2.05, 4.69) is 5.32 Å². The lowest BCUT2D eigenvalue weighted by Gasteiger charge is -2.14. The van der Waals surface area contributed by atoms with Crippen molar-refractivity contribution in [3.63, 3.8) is 0 Å². The fourth-order valence-corrected chi connectivity index (χ4v) is 1.63. The van der Waals surface area contributed by atoms with E-state index in [1.807, 2.05) is 19.9 Å². The summed E-state index contributed by atoms with van der Waals surface area (Å²) in [6.07, 6.45) is -0.690. The zero-order valence-electron chi connectivity index (χ0n) is 11.8. The summed E-state index contributed by atoms with van der Waals surface area (Å²) >= 11 is 0. The molecule has 0 radical (unpaired) electrons. The van der Waals surface area contributed by atoms with Crippen LogP contribution < -0.4 is 10.1 Å². The summed E-state index contributed by atoms with van der Waals surface area (Å²) in [6.45, 7) is 3.36. The first-order valence-electron chi connectivity index (χ1n) is 6.24. The Morgan fingerprint density at radius 1 is 1.24 bits per heavy atom. The van der Waals surface area contributed by atoms with Crippen molar-refractivity contribution >= 4 is 17.8 Å². The highest BCUT2D eigenvalue weighted by molar-refractivity contribution is 5.87. The van der Waals surface area contributed by atoms with Gasteiger partial charge in [-0.3, -0.25) is 9.59 Å². The highest BCUT2D eigenvalue weighted by atomic mass is 16.5. The number of rotatable bonds is 7. The van der Waals surface area contributed by atoms with Gasteiger partial charge >= 0.3 is 11.9 Å². The number of hydrogen-bond acceptors (Lipinski definition) is 4. The molecular formula is C14H17NO6. The molecule has 0 saturated carbocycles. The van der Waals surface area contributed by atoms with Crippen molar-refractivity contribution in [3.8, 4) is 5.75 Å². The lowest BCUT2D eigenvalue weighted by Crippen LogP contribution is -2.44. The Labute approximate surface area is 121 Å². The zero-order chi connectivity index (χ0) is 16.0. The molecule has 0 heterocycles. The average Bonchev–Trinajstić information content (AvgIpc) is 2.39. The first kappa shape index (κ1) is 16.5. The van der Waals surface area contributed by atoms with E-state index in [4.69, 9.17) is 14.9 Å². The van der Waals surface area contributed by atoms with Gasteiger partial charge in [0.15, 0.2) is 6.61 Å². The van der Waals surface area contributed by atoms with Crippen LogP contribution in [0.4, 0.5) is 0 Å². The topological polar surface area (TPSA) is 113 Å². The summed E-state index contributed by atoms with van der Waals surface area (Å²) in [5.74, 6) is -2.88. The number of carboxylic acid groups (broad SMARTS) is 2. The van der Waals surface area contributed by atoms with Gasteiger partial charge in [0, 0.05) is 0 Å². The van der Waals surface area contributed by atoms with Gasteiger partial charge in [-0.05, 0) is 31.0 Å². The molecule has 1 atom stereocenters. The zero-order valence-corrected chi connectivity index (χ0v) is 11.8. The molecule has 0 bridgehead atoms. The van der Waals surface area contributed by atoms with Gasteiger partial charge in [0.05, 0.1) is 6.42 Å². The van der Waals surface area contributed by atoms with Crippen LogP contribution >= 0.6 is 0 Å². The van der Waals surface area contributed by atoms with Crippen LogP contribution in [0.25, 0.3) is 0 Å². The summed E-state index contributed by atoms with van der Waals surface area (Å²) in [6, 6.07) is 3.90. The number of carboxylic acids is 2. The van der Waals surface area contributed by atoms with Crippen LogP contribution in [-0.2, 0) is 14.4 Å². The van der Waals surface area contributed by atoms with Crippen LogP contribution in [-0.4, -0.2) is 40.7 Å². The molecule has 1 aromatic carbocycles. The fraction of sp³-hybridized carbons (Fsp3) is 0.357. The second-order valence-electron chi connectivity index (χ2n) is 4.54. The minimum Gasteiger partial charge on any atom is -0.483 e. The molecule has 3 N–H and O–H groups in total. The quantitative estimate of drug-likeness (QED) is 0.683. The number of hydrogen-bond donors (Lipinski definition) is 3. The minimum absolute atomic E-state index is 0.381. The highest BCUT2D eigenvalue weighted by Gasteiger charge is 2.23. The Kier molecular flexibility index (Phi) is 5.71. The van der Waals surface area contributed by atoms with Gasteiger partial charge in [0.25, 0.3) is 5.91 Å². The van der Waals surface area contributed by atoms with E-state index in [1.165, 1.54) is 0 Å². The molecule has 0 spiro atoms. The number of ether oxygens (including phenoxy) is 1. The molecule has 1 aromatic rings. The lowest BCUT2D eigenvalue weighted by atomic mass is 10.1. The second-order valence-corrected chi connectivity index (χ2v) is 4.54. The smallest absolute Gasteiger partial charge is 0.326 e. The highest BCUT2D eigenvalue weighted by Crippen LogP contribution is 2.20. The fourth-order valence-electron chi connectivity index (χ4n) is 1.63. The predicted octanol–water partition coefficient (Wildman–Crippen LogP) is 0.726. The Hall–Kier alpha value is -2.57. The second kappa shape index (κ2) is 7.28. The van der Waals surface area contributed by atoms with Gasteiger partial charge in [-0.2, -0.15) is 0 Å². The summed E-state index contributed by atoms with van der Waals surface area (Å²) in [4.78, 5) is 33.0. The summed E-state index contributed by atoms with van der Waals surface area (Å²) in [5.41, 5.74) is 1.88. The van der Waals surface area contributed by atoms with E-state index in [-0.39, 0.29) is 6.61 Å². The van der Waals surface area contributed by atoms with E-state index >= 15 is 0 Å². The average molecular weight is 295 g/mol. The number of aliphatic carboxylic acids is 2. The molecule has 0 aliphatic heterocycles. The summed E-state index contributed by atoms with van der Waals surface area (Å²) in [7, 11) is 0. The standard InChI is InChI=1S/C14H17NO6/c1-8-4-3-5-11(9(8)2)21-7-12(16)15-10(14(19)20)6-13(17)18/h3-5,10H,6-7H2,1-2H3,(H,15,16)(H,17,18)(H,19,20)/t10-/m0/s1. The maximum Gasteiger partial charge on any atom is 0.326 e. The minimum atomic E-state index is -1.47. The first-order chi connectivity index (χ1) is 9.81. The molecule has 0 aromatic heterocycles. The van der Waals surface area contributed by atoms with E-state index < -0.39 is 30.3 Å². The Bertz CT molecular complexity index is 554. The third-order valence-corrected chi connectivity index (χ3v) is 2.93.